The average molecular weight is 288 g/mol. The van der Waals surface area contributed by atoms with E-state index in [4.69, 9.17) is 11.6 Å². The number of amides is 1. The third-order valence-electron chi connectivity index (χ3n) is 2.22. The molecule has 0 aliphatic carbocycles. The van der Waals surface area contributed by atoms with E-state index in [9.17, 15) is 4.79 Å². The Morgan fingerprint density at radius 2 is 2.28 bits per heavy atom. The van der Waals surface area contributed by atoms with Crippen molar-refractivity contribution < 1.29 is 4.79 Å². The van der Waals surface area contributed by atoms with Gasteiger partial charge in [-0.2, -0.15) is 0 Å². The van der Waals surface area contributed by atoms with Crippen LogP contribution in [0.25, 0.3) is 0 Å². The van der Waals surface area contributed by atoms with Gasteiger partial charge in [0.2, 0.25) is 5.91 Å². The number of halogens is 1. The second-order valence-electron chi connectivity index (χ2n) is 3.72. The van der Waals surface area contributed by atoms with Crippen molar-refractivity contribution in [3.8, 4) is 0 Å². The molecule has 1 aromatic heterocycles. The molecule has 0 spiro atoms. The Morgan fingerprint density at radius 1 is 1.50 bits per heavy atom. The van der Waals surface area contributed by atoms with Gasteiger partial charge in [0.25, 0.3) is 0 Å². The largest absolute Gasteiger partial charge is 0.373 e. The van der Waals surface area contributed by atoms with Crippen molar-refractivity contribution >= 4 is 35.1 Å². The minimum absolute atomic E-state index is 0.0581. The molecular weight excluding hydrogens is 270 g/mol. The van der Waals surface area contributed by atoms with Crippen molar-refractivity contribution in [2.45, 2.75) is 19.1 Å². The lowest BCUT2D eigenvalue weighted by atomic mass is 10.3. The Morgan fingerprint density at radius 3 is 2.94 bits per heavy atom. The highest BCUT2D eigenvalue weighted by molar-refractivity contribution is 7.99. The van der Waals surface area contributed by atoms with E-state index in [0.717, 1.165) is 24.5 Å². The zero-order valence-electron chi connectivity index (χ0n) is 10.6. The zero-order chi connectivity index (χ0) is 13.4. The van der Waals surface area contributed by atoms with Gasteiger partial charge in [-0.25, -0.2) is 4.98 Å². The summed E-state index contributed by atoms with van der Waals surface area (Å²) in [7, 11) is 1.81. The summed E-state index contributed by atoms with van der Waals surface area (Å²) in [5, 5.41) is 6.43. The molecule has 0 bridgehead atoms. The number of rotatable bonds is 7. The number of thioether (sulfide) groups is 1. The molecule has 1 amide bonds. The molecule has 1 heterocycles. The number of pyridine rings is 1. The molecule has 4 nitrogen and oxygen atoms in total. The first-order chi connectivity index (χ1) is 8.67. The smallest absolute Gasteiger partial charge is 0.230 e. The van der Waals surface area contributed by atoms with Gasteiger partial charge in [0.05, 0.1) is 16.5 Å². The first-order valence-electron chi connectivity index (χ1n) is 5.85. The standard InChI is InChI=1S/C12H18ClN3OS/c1-3-6-15-12(17)8-18-7-10-9(13)4-5-11(14-2)16-10/h4-5H,3,6-8H2,1-2H3,(H,14,16)(H,15,17). The number of hydrogen-bond donors (Lipinski definition) is 2. The predicted octanol–water partition coefficient (Wildman–Crippen LogP) is 2.54. The highest BCUT2D eigenvalue weighted by Crippen LogP contribution is 2.21. The maximum Gasteiger partial charge on any atom is 0.230 e. The lowest BCUT2D eigenvalue weighted by Gasteiger charge is -2.06. The number of hydrogen-bond acceptors (Lipinski definition) is 4. The number of nitrogens with one attached hydrogen (secondary N) is 2. The van der Waals surface area contributed by atoms with E-state index in [2.05, 4.69) is 15.6 Å². The molecule has 0 radical (unpaired) electrons. The van der Waals surface area contributed by atoms with Crippen molar-refractivity contribution in [1.29, 1.82) is 0 Å². The first kappa shape index (κ1) is 15.1. The van der Waals surface area contributed by atoms with E-state index >= 15 is 0 Å². The number of carbonyl (C=O) groups is 1. The van der Waals surface area contributed by atoms with Gasteiger partial charge < -0.3 is 10.6 Å². The van der Waals surface area contributed by atoms with E-state index in [0.29, 0.717) is 16.5 Å². The molecular formula is C12H18ClN3OS. The monoisotopic (exact) mass is 287 g/mol. The van der Waals surface area contributed by atoms with Crippen molar-refractivity contribution in [3.63, 3.8) is 0 Å². The van der Waals surface area contributed by atoms with Gasteiger partial charge in [-0.05, 0) is 18.6 Å². The quantitative estimate of drug-likeness (QED) is 0.809. The molecule has 18 heavy (non-hydrogen) atoms. The Labute approximate surface area is 117 Å². The van der Waals surface area contributed by atoms with E-state index in [1.54, 1.807) is 0 Å². The topological polar surface area (TPSA) is 54.0 Å². The molecule has 1 rings (SSSR count). The van der Waals surface area contributed by atoms with E-state index in [1.165, 1.54) is 11.8 Å². The Hall–Kier alpha value is -0.940. The number of anilines is 1. The van der Waals surface area contributed by atoms with Crippen LogP contribution >= 0.6 is 23.4 Å². The molecule has 100 valence electrons. The summed E-state index contributed by atoms with van der Waals surface area (Å²) in [6.45, 7) is 2.76. The second-order valence-corrected chi connectivity index (χ2v) is 5.11. The van der Waals surface area contributed by atoms with Gasteiger partial charge in [0.1, 0.15) is 5.82 Å². The van der Waals surface area contributed by atoms with Crippen LogP contribution in [0.15, 0.2) is 12.1 Å². The van der Waals surface area contributed by atoms with Crippen LogP contribution in [0.3, 0.4) is 0 Å². The highest BCUT2D eigenvalue weighted by atomic mass is 35.5. The SMILES string of the molecule is CCCNC(=O)CSCc1nc(NC)ccc1Cl. The summed E-state index contributed by atoms with van der Waals surface area (Å²) in [4.78, 5) is 15.8. The fourth-order valence-corrected chi connectivity index (χ4v) is 2.33. The summed E-state index contributed by atoms with van der Waals surface area (Å²) >= 11 is 7.56. The van der Waals surface area contributed by atoms with Crippen LogP contribution in [-0.2, 0) is 10.5 Å². The molecule has 0 aliphatic rings. The van der Waals surface area contributed by atoms with Crippen LogP contribution in [0.2, 0.25) is 5.02 Å². The third-order valence-corrected chi connectivity index (χ3v) is 3.51. The van der Waals surface area contributed by atoms with E-state index in [1.807, 2.05) is 26.1 Å². The van der Waals surface area contributed by atoms with E-state index < -0.39 is 0 Å². The summed E-state index contributed by atoms with van der Waals surface area (Å²) in [6.07, 6.45) is 0.952. The van der Waals surface area contributed by atoms with Gasteiger partial charge >= 0.3 is 0 Å². The van der Waals surface area contributed by atoms with Crippen LogP contribution in [0.4, 0.5) is 5.82 Å². The lowest BCUT2D eigenvalue weighted by molar-refractivity contribution is -0.118. The van der Waals surface area contributed by atoms with Crippen molar-refractivity contribution in [2.24, 2.45) is 0 Å². The normalized spacial score (nSPS) is 10.2. The summed E-state index contributed by atoms with van der Waals surface area (Å²) in [5.41, 5.74) is 0.803. The summed E-state index contributed by atoms with van der Waals surface area (Å²) in [5.74, 6) is 1.91. The Balaban J connectivity index is 2.41. The van der Waals surface area contributed by atoms with Crippen LogP contribution < -0.4 is 10.6 Å². The molecule has 0 fully saturated rings. The number of nitrogens with zero attached hydrogens (tertiary/aromatic N) is 1. The van der Waals surface area contributed by atoms with Gasteiger partial charge in [-0.15, -0.1) is 11.8 Å². The molecule has 0 aliphatic heterocycles. The Kier molecular flexibility index (Phi) is 6.90. The van der Waals surface area contributed by atoms with Crippen molar-refractivity contribution in [3.05, 3.63) is 22.8 Å². The lowest BCUT2D eigenvalue weighted by Crippen LogP contribution is -2.25. The maximum absolute atomic E-state index is 11.4. The summed E-state index contributed by atoms with van der Waals surface area (Å²) < 4.78 is 0. The van der Waals surface area contributed by atoms with Crippen LogP contribution in [0.5, 0.6) is 0 Å². The molecule has 0 aromatic carbocycles. The third kappa shape index (κ3) is 5.14. The molecule has 2 N–H and O–H groups in total. The first-order valence-corrected chi connectivity index (χ1v) is 7.38. The fourth-order valence-electron chi connectivity index (χ4n) is 1.28. The van der Waals surface area contributed by atoms with Gasteiger partial charge in [0.15, 0.2) is 0 Å². The number of carbonyl (C=O) groups excluding carboxylic acids is 1. The fraction of sp³-hybridized carbons (Fsp3) is 0.500. The zero-order valence-corrected chi connectivity index (χ0v) is 12.2. The van der Waals surface area contributed by atoms with Gasteiger partial charge in [-0.1, -0.05) is 18.5 Å². The molecule has 6 heteroatoms. The van der Waals surface area contributed by atoms with Gasteiger partial charge in [0, 0.05) is 19.3 Å². The van der Waals surface area contributed by atoms with Crippen LogP contribution in [0, 0.1) is 0 Å². The minimum Gasteiger partial charge on any atom is -0.373 e. The molecule has 0 saturated carbocycles. The van der Waals surface area contributed by atoms with E-state index in [-0.39, 0.29) is 5.91 Å². The molecule has 1 aromatic rings. The number of aromatic nitrogens is 1. The second kappa shape index (κ2) is 8.21. The Bertz CT molecular complexity index is 401. The molecule has 0 atom stereocenters. The molecule has 0 unspecified atom stereocenters. The predicted molar refractivity (Wildman–Crippen MR) is 78.3 cm³/mol. The van der Waals surface area contributed by atoms with Gasteiger partial charge in [-0.3, -0.25) is 4.79 Å². The molecule has 0 saturated heterocycles. The highest BCUT2D eigenvalue weighted by Gasteiger charge is 2.06. The van der Waals surface area contributed by atoms with Crippen molar-refractivity contribution in [2.75, 3.05) is 24.7 Å². The maximum atomic E-state index is 11.4. The minimum atomic E-state index is 0.0581. The van der Waals surface area contributed by atoms with Crippen LogP contribution in [-0.4, -0.2) is 30.2 Å². The average Bonchev–Trinajstić information content (AvgIpc) is 2.38. The van der Waals surface area contributed by atoms with Crippen LogP contribution in [0.1, 0.15) is 19.0 Å². The summed E-state index contributed by atoms with van der Waals surface area (Å²) in [6, 6.07) is 3.64. The van der Waals surface area contributed by atoms with Crippen molar-refractivity contribution in [1.82, 2.24) is 10.3 Å².